The van der Waals surface area contributed by atoms with Crippen LogP contribution in [0.5, 0.6) is 11.5 Å². The van der Waals surface area contributed by atoms with Crippen molar-refractivity contribution in [2.75, 3.05) is 19.5 Å². The monoisotopic (exact) mass is 285 g/mol. The van der Waals surface area contributed by atoms with Crippen molar-refractivity contribution in [2.24, 2.45) is 0 Å². The number of ether oxygens (including phenoxy) is 2. The quantitative estimate of drug-likeness (QED) is 0.802. The first kappa shape index (κ1) is 15.2. The molecule has 0 heterocycles. The minimum absolute atomic E-state index is 0.261. The Morgan fingerprint density at radius 3 is 2.38 bits per heavy atom. The minimum Gasteiger partial charge on any atom is -0.497 e. The van der Waals surface area contributed by atoms with Gasteiger partial charge in [-0.2, -0.15) is 0 Å². The maximum absolute atomic E-state index is 5.44. The molecule has 1 atom stereocenters. The first-order chi connectivity index (χ1) is 10.3. The standard InChI is InChI=1S/C18H23NO2/c1-4-8-16(14-9-6-5-7-10-14)19-17-13-15(20-2)11-12-18(17)21-3/h5-7,9-13,16,19H,4,8H2,1-3H3. The fourth-order valence-corrected chi connectivity index (χ4v) is 2.41. The van der Waals surface area contributed by atoms with Gasteiger partial charge in [0.2, 0.25) is 0 Å². The zero-order chi connectivity index (χ0) is 15.1. The number of rotatable bonds is 7. The van der Waals surface area contributed by atoms with Gasteiger partial charge in [0, 0.05) is 6.07 Å². The van der Waals surface area contributed by atoms with Gasteiger partial charge in [0.15, 0.2) is 0 Å². The average Bonchev–Trinajstić information content (AvgIpc) is 2.55. The highest BCUT2D eigenvalue weighted by Gasteiger charge is 2.13. The third kappa shape index (κ3) is 3.91. The molecule has 0 amide bonds. The number of methoxy groups -OCH3 is 2. The Balaban J connectivity index is 2.28. The highest BCUT2D eigenvalue weighted by molar-refractivity contribution is 5.60. The summed E-state index contributed by atoms with van der Waals surface area (Å²) in [5.74, 6) is 1.65. The van der Waals surface area contributed by atoms with Crippen molar-refractivity contribution < 1.29 is 9.47 Å². The topological polar surface area (TPSA) is 30.5 Å². The zero-order valence-corrected chi connectivity index (χ0v) is 12.9. The van der Waals surface area contributed by atoms with E-state index in [1.54, 1.807) is 14.2 Å². The molecule has 0 aliphatic heterocycles. The van der Waals surface area contributed by atoms with Gasteiger partial charge in [-0.15, -0.1) is 0 Å². The molecule has 0 bridgehead atoms. The van der Waals surface area contributed by atoms with Crippen molar-refractivity contribution in [3.63, 3.8) is 0 Å². The Morgan fingerprint density at radius 2 is 1.76 bits per heavy atom. The molecule has 0 radical (unpaired) electrons. The molecular weight excluding hydrogens is 262 g/mol. The van der Waals surface area contributed by atoms with E-state index in [-0.39, 0.29) is 6.04 Å². The fourth-order valence-electron chi connectivity index (χ4n) is 2.41. The van der Waals surface area contributed by atoms with Gasteiger partial charge < -0.3 is 14.8 Å². The van der Waals surface area contributed by atoms with Gasteiger partial charge >= 0.3 is 0 Å². The van der Waals surface area contributed by atoms with E-state index in [4.69, 9.17) is 9.47 Å². The highest BCUT2D eigenvalue weighted by Crippen LogP contribution is 2.33. The molecular formula is C18H23NO2. The van der Waals surface area contributed by atoms with Crippen LogP contribution >= 0.6 is 0 Å². The first-order valence-corrected chi connectivity index (χ1v) is 7.32. The SMILES string of the molecule is CCCC(Nc1cc(OC)ccc1OC)c1ccccc1. The van der Waals surface area contributed by atoms with Crippen LogP contribution in [0.15, 0.2) is 48.5 Å². The summed E-state index contributed by atoms with van der Waals surface area (Å²) >= 11 is 0. The average molecular weight is 285 g/mol. The molecule has 2 aromatic carbocycles. The Labute approximate surface area is 126 Å². The highest BCUT2D eigenvalue weighted by atomic mass is 16.5. The number of benzene rings is 2. The fraction of sp³-hybridized carbons (Fsp3) is 0.333. The second-order valence-electron chi connectivity index (χ2n) is 4.96. The normalized spacial score (nSPS) is 11.8. The Bertz CT molecular complexity index is 554. The summed E-state index contributed by atoms with van der Waals surface area (Å²) in [6.07, 6.45) is 2.17. The summed E-state index contributed by atoms with van der Waals surface area (Å²) in [6, 6.07) is 16.6. The Hall–Kier alpha value is -2.16. The van der Waals surface area contributed by atoms with Crippen LogP contribution in [0, 0.1) is 0 Å². The first-order valence-electron chi connectivity index (χ1n) is 7.32. The van der Waals surface area contributed by atoms with E-state index in [0.717, 1.165) is 30.0 Å². The van der Waals surface area contributed by atoms with Crippen molar-refractivity contribution in [1.29, 1.82) is 0 Å². The largest absolute Gasteiger partial charge is 0.497 e. The lowest BCUT2D eigenvalue weighted by Crippen LogP contribution is -2.11. The summed E-state index contributed by atoms with van der Waals surface area (Å²) in [5.41, 5.74) is 2.24. The third-order valence-electron chi connectivity index (χ3n) is 3.52. The van der Waals surface area contributed by atoms with E-state index in [1.165, 1.54) is 5.56 Å². The molecule has 0 aliphatic carbocycles. The summed E-state index contributed by atoms with van der Waals surface area (Å²) in [6.45, 7) is 2.19. The Kier molecular flexibility index (Phi) is 5.50. The molecule has 0 aliphatic rings. The maximum Gasteiger partial charge on any atom is 0.142 e. The van der Waals surface area contributed by atoms with Crippen molar-refractivity contribution in [3.05, 3.63) is 54.1 Å². The van der Waals surface area contributed by atoms with Gasteiger partial charge in [-0.1, -0.05) is 43.7 Å². The van der Waals surface area contributed by atoms with Crippen molar-refractivity contribution >= 4 is 5.69 Å². The van der Waals surface area contributed by atoms with Gasteiger partial charge in [0.05, 0.1) is 25.9 Å². The summed E-state index contributed by atoms with van der Waals surface area (Å²) in [4.78, 5) is 0. The van der Waals surface area contributed by atoms with Gasteiger partial charge in [-0.25, -0.2) is 0 Å². The van der Waals surface area contributed by atoms with Gasteiger partial charge in [-0.3, -0.25) is 0 Å². The molecule has 2 aromatic rings. The molecule has 1 N–H and O–H groups in total. The third-order valence-corrected chi connectivity index (χ3v) is 3.52. The van der Waals surface area contributed by atoms with Crippen LogP contribution in [-0.2, 0) is 0 Å². The van der Waals surface area contributed by atoms with Gasteiger partial charge in [0.25, 0.3) is 0 Å². The molecule has 1 unspecified atom stereocenters. The van der Waals surface area contributed by atoms with Crippen molar-refractivity contribution in [1.82, 2.24) is 0 Å². The molecule has 0 aromatic heterocycles. The molecule has 0 spiro atoms. The number of nitrogens with one attached hydrogen (secondary N) is 1. The van der Waals surface area contributed by atoms with Crippen LogP contribution in [0.4, 0.5) is 5.69 Å². The zero-order valence-electron chi connectivity index (χ0n) is 12.9. The second-order valence-corrected chi connectivity index (χ2v) is 4.96. The van der Waals surface area contributed by atoms with Gasteiger partial charge in [-0.05, 0) is 24.1 Å². The van der Waals surface area contributed by atoms with Gasteiger partial charge in [0.1, 0.15) is 11.5 Å². The van der Waals surface area contributed by atoms with E-state index in [2.05, 4.69) is 36.5 Å². The summed E-state index contributed by atoms with van der Waals surface area (Å²) in [5, 5.41) is 3.59. The Morgan fingerprint density at radius 1 is 1.00 bits per heavy atom. The lowest BCUT2D eigenvalue weighted by Gasteiger charge is -2.22. The maximum atomic E-state index is 5.44. The number of hydrogen-bond acceptors (Lipinski definition) is 3. The molecule has 0 fully saturated rings. The van der Waals surface area contributed by atoms with E-state index in [1.807, 2.05) is 24.3 Å². The molecule has 21 heavy (non-hydrogen) atoms. The predicted molar refractivity (Wildman–Crippen MR) is 87.3 cm³/mol. The summed E-state index contributed by atoms with van der Waals surface area (Å²) in [7, 11) is 3.36. The molecule has 112 valence electrons. The smallest absolute Gasteiger partial charge is 0.142 e. The molecule has 3 nitrogen and oxygen atoms in total. The van der Waals surface area contributed by atoms with Crippen molar-refractivity contribution in [2.45, 2.75) is 25.8 Å². The van der Waals surface area contributed by atoms with E-state index < -0.39 is 0 Å². The predicted octanol–water partition coefficient (Wildman–Crippen LogP) is 4.66. The lowest BCUT2D eigenvalue weighted by molar-refractivity contribution is 0.404. The lowest BCUT2D eigenvalue weighted by atomic mass is 10.0. The van der Waals surface area contributed by atoms with Crippen LogP contribution in [0.2, 0.25) is 0 Å². The number of hydrogen-bond donors (Lipinski definition) is 1. The van der Waals surface area contributed by atoms with Crippen LogP contribution < -0.4 is 14.8 Å². The van der Waals surface area contributed by atoms with Crippen LogP contribution in [0.3, 0.4) is 0 Å². The molecule has 0 saturated carbocycles. The van der Waals surface area contributed by atoms with E-state index in [9.17, 15) is 0 Å². The second kappa shape index (κ2) is 7.58. The molecule has 3 heteroatoms. The van der Waals surface area contributed by atoms with Crippen molar-refractivity contribution in [3.8, 4) is 11.5 Å². The number of anilines is 1. The molecule has 2 rings (SSSR count). The van der Waals surface area contributed by atoms with E-state index >= 15 is 0 Å². The summed E-state index contributed by atoms with van der Waals surface area (Å²) < 4.78 is 10.7. The minimum atomic E-state index is 0.261. The van der Waals surface area contributed by atoms with Crippen LogP contribution in [0.25, 0.3) is 0 Å². The van der Waals surface area contributed by atoms with Crippen LogP contribution in [-0.4, -0.2) is 14.2 Å². The van der Waals surface area contributed by atoms with E-state index in [0.29, 0.717) is 0 Å². The molecule has 0 saturated heterocycles. The van der Waals surface area contributed by atoms with Crippen LogP contribution in [0.1, 0.15) is 31.4 Å².